The number of benzene rings is 1. The highest BCUT2D eigenvalue weighted by Gasteiger charge is 2.74. The van der Waals surface area contributed by atoms with Gasteiger partial charge in [-0.25, -0.2) is 0 Å². The van der Waals surface area contributed by atoms with E-state index < -0.39 is 71.1 Å². The van der Waals surface area contributed by atoms with E-state index in [0.717, 1.165) is 37.9 Å². The zero-order valence-corrected chi connectivity index (χ0v) is 21.5. The number of carbonyl (C=O) groups is 1. The molecular formula is C23H27F12NO3S. The van der Waals surface area contributed by atoms with Crippen molar-refractivity contribution in [3.05, 3.63) is 29.3 Å². The third-order valence-electron chi connectivity index (χ3n) is 6.01. The fourth-order valence-corrected chi connectivity index (χ4v) is 4.00. The second-order valence-electron chi connectivity index (χ2n) is 9.06. The smallest absolute Gasteiger partial charge is 0.369 e. The zero-order chi connectivity index (χ0) is 31.2. The lowest BCUT2D eigenvalue weighted by atomic mass is 9.85. The van der Waals surface area contributed by atoms with Crippen LogP contribution in [0, 0.1) is 0 Å². The Morgan fingerprint density at radius 2 is 0.925 bits per heavy atom. The van der Waals surface area contributed by atoms with E-state index in [1.165, 1.54) is 0 Å². The lowest BCUT2D eigenvalue weighted by Gasteiger charge is -2.36. The van der Waals surface area contributed by atoms with Gasteiger partial charge in [-0.1, -0.05) is 38.5 Å². The summed E-state index contributed by atoms with van der Waals surface area (Å²) in [6.07, 6.45) is -21.4. The monoisotopic (exact) mass is 625 g/mol. The van der Waals surface area contributed by atoms with Gasteiger partial charge in [0.25, 0.3) is 11.2 Å². The molecule has 0 aliphatic rings. The fourth-order valence-electron chi connectivity index (χ4n) is 3.78. The van der Waals surface area contributed by atoms with E-state index in [4.69, 9.17) is 0 Å². The van der Waals surface area contributed by atoms with Gasteiger partial charge in [0, 0.05) is 23.2 Å². The number of alkyl halides is 12. The molecule has 4 nitrogen and oxygen atoms in total. The fraction of sp³-hybridized carbons (Fsp3) is 0.696. The van der Waals surface area contributed by atoms with E-state index in [-0.39, 0.29) is 18.6 Å². The van der Waals surface area contributed by atoms with Gasteiger partial charge in [0.05, 0.1) is 0 Å². The molecule has 1 amide bonds. The van der Waals surface area contributed by atoms with Gasteiger partial charge in [0.2, 0.25) is 5.91 Å². The van der Waals surface area contributed by atoms with Crippen LogP contribution in [-0.2, 0) is 16.0 Å². The molecule has 0 bridgehead atoms. The molecule has 0 aliphatic carbocycles. The molecule has 232 valence electrons. The molecule has 0 aliphatic heterocycles. The summed E-state index contributed by atoms with van der Waals surface area (Å²) in [7, 11) is 0. The summed E-state index contributed by atoms with van der Waals surface area (Å²) in [5.41, 5.74) is -18.4. The van der Waals surface area contributed by atoms with Crippen LogP contribution >= 0.6 is 12.6 Å². The van der Waals surface area contributed by atoms with Crippen LogP contribution in [0.1, 0.15) is 68.9 Å². The molecular weight excluding hydrogens is 598 g/mol. The van der Waals surface area contributed by atoms with Crippen molar-refractivity contribution in [2.45, 2.75) is 93.7 Å². The Kier molecular flexibility index (Phi) is 12.1. The Morgan fingerprint density at radius 1 is 0.600 bits per heavy atom. The van der Waals surface area contributed by atoms with E-state index in [9.17, 15) is 67.7 Å². The summed E-state index contributed by atoms with van der Waals surface area (Å²) in [5.74, 6) is -0.404. The van der Waals surface area contributed by atoms with Gasteiger partial charge in [-0.15, -0.1) is 0 Å². The van der Waals surface area contributed by atoms with Crippen LogP contribution in [0.25, 0.3) is 0 Å². The van der Waals surface area contributed by atoms with E-state index in [1.807, 2.05) is 0 Å². The molecule has 1 aromatic carbocycles. The second-order valence-corrected chi connectivity index (χ2v) is 9.51. The van der Waals surface area contributed by atoms with Crippen molar-refractivity contribution in [2.75, 3.05) is 11.1 Å². The number of hydrogen-bond donors (Lipinski definition) is 4. The SMILES string of the molecule is O=C(CCCCCCCCCCS)Nc1cc(C(O)(C(F)(F)F)C(F)(F)F)cc(C(O)(C(F)(F)F)C(F)(F)F)c1. The van der Waals surface area contributed by atoms with Gasteiger partial charge in [0.1, 0.15) is 0 Å². The molecule has 1 rings (SSSR count). The van der Waals surface area contributed by atoms with Crippen molar-refractivity contribution in [1.29, 1.82) is 0 Å². The number of aliphatic hydroxyl groups is 2. The van der Waals surface area contributed by atoms with Crippen LogP contribution in [0.15, 0.2) is 18.2 Å². The number of carbonyl (C=O) groups excluding carboxylic acids is 1. The maximum absolute atomic E-state index is 13.4. The highest BCUT2D eigenvalue weighted by Crippen LogP contribution is 2.54. The van der Waals surface area contributed by atoms with Gasteiger partial charge >= 0.3 is 24.7 Å². The number of halogens is 12. The lowest BCUT2D eigenvalue weighted by molar-refractivity contribution is -0.378. The first-order chi connectivity index (χ1) is 18.0. The minimum Gasteiger partial charge on any atom is -0.369 e. The molecule has 0 fully saturated rings. The predicted molar refractivity (Wildman–Crippen MR) is 122 cm³/mol. The van der Waals surface area contributed by atoms with Crippen molar-refractivity contribution >= 4 is 24.2 Å². The molecule has 0 unspecified atom stereocenters. The van der Waals surface area contributed by atoms with Crippen LogP contribution in [0.4, 0.5) is 58.4 Å². The van der Waals surface area contributed by atoms with E-state index in [0.29, 0.717) is 12.8 Å². The first kappa shape index (κ1) is 36.1. The van der Waals surface area contributed by atoms with Crippen LogP contribution in [-0.4, -0.2) is 46.6 Å². The Labute approximate surface area is 226 Å². The zero-order valence-electron chi connectivity index (χ0n) is 20.6. The summed E-state index contributed by atoms with van der Waals surface area (Å²) < 4.78 is 160. The van der Waals surface area contributed by atoms with Crippen LogP contribution in [0.2, 0.25) is 0 Å². The van der Waals surface area contributed by atoms with Crippen molar-refractivity contribution in [2.24, 2.45) is 0 Å². The number of anilines is 1. The maximum atomic E-state index is 13.4. The Balaban J connectivity index is 3.38. The van der Waals surface area contributed by atoms with Crippen molar-refractivity contribution < 1.29 is 67.7 Å². The minimum absolute atomic E-state index is 0.138. The number of hydrogen-bond acceptors (Lipinski definition) is 4. The number of thiol groups is 1. The Morgan fingerprint density at radius 3 is 1.25 bits per heavy atom. The van der Waals surface area contributed by atoms with Crippen molar-refractivity contribution in [3.63, 3.8) is 0 Å². The van der Waals surface area contributed by atoms with Gasteiger partial charge in [-0.2, -0.15) is 65.3 Å². The molecule has 0 saturated carbocycles. The summed E-state index contributed by atoms with van der Waals surface area (Å²) in [5, 5.41) is 20.8. The molecule has 0 radical (unpaired) electrons. The van der Waals surface area contributed by atoms with E-state index in [2.05, 4.69) is 12.6 Å². The highest BCUT2D eigenvalue weighted by molar-refractivity contribution is 7.80. The summed E-state index contributed by atoms with van der Waals surface area (Å²) in [6, 6.07) is -1.44. The number of rotatable bonds is 13. The molecule has 1 aromatic rings. The first-order valence-electron chi connectivity index (χ1n) is 11.8. The summed E-state index contributed by atoms with van der Waals surface area (Å²) >= 11 is 4.07. The number of nitrogens with one attached hydrogen (secondary N) is 1. The Hall–Kier alpha value is -1.88. The van der Waals surface area contributed by atoms with Gasteiger partial charge in [-0.3, -0.25) is 4.79 Å². The standard InChI is InChI=1S/C23H27F12NO3S/c24-20(25,26)18(38,21(27,28)29)14-11-15(19(39,22(30,31)32)23(33,34)35)13-16(12-14)36-17(37)9-7-5-3-1-2-4-6-8-10-40/h11-13,38-40H,1-10H2,(H,36,37). The average molecular weight is 626 g/mol. The Bertz CT molecular complexity index is 890. The van der Waals surface area contributed by atoms with Gasteiger partial charge in [-0.05, 0) is 36.8 Å². The van der Waals surface area contributed by atoms with Crippen molar-refractivity contribution in [1.82, 2.24) is 0 Å². The predicted octanol–water partition coefficient (Wildman–Crippen LogP) is 7.69. The summed E-state index contributed by atoms with van der Waals surface area (Å²) in [4.78, 5) is 12.2. The molecule has 0 aromatic heterocycles. The van der Waals surface area contributed by atoms with Crippen molar-refractivity contribution in [3.8, 4) is 0 Å². The topological polar surface area (TPSA) is 69.6 Å². The second kappa shape index (κ2) is 13.4. The highest BCUT2D eigenvalue weighted by atomic mass is 32.1. The molecule has 0 atom stereocenters. The van der Waals surface area contributed by atoms with E-state index in [1.54, 1.807) is 5.32 Å². The molecule has 0 heterocycles. The van der Waals surface area contributed by atoms with Crippen LogP contribution < -0.4 is 5.32 Å². The molecule has 17 heteroatoms. The average Bonchev–Trinajstić information content (AvgIpc) is 2.78. The first-order valence-corrected chi connectivity index (χ1v) is 12.5. The largest absolute Gasteiger partial charge is 0.430 e. The maximum Gasteiger partial charge on any atom is 0.430 e. The molecule has 40 heavy (non-hydrogen) atoms. The number of amides is 1. The number of unbranched alkanes of at least 4 members (excludes halogenated alkanes) is 7. The normalized spacial score (nSPS) is 14.0. The molecule has 3 N–H and O–H groups in total. The minimum atomic E-state index is -6.69. The van der Waals surface area contributed by atoms with Gasteiger partial charge < -0.3 is 15.5 Å². The summed E-state index contributed by atoms with van der Waals surface area (Å²) in [6.45, 7) is 0. The lowest BCUT2D eigenvalue weighted by Crippen LogP contribution is -2.55. The molecule has 0 spiro atoms. The van der Waals surface area contributed by atoms with Crippen LogP contribution in [0.3, 0.4) is 0 Å². The van der Waals surface area contributed by atoms with Gasteiger partial charge in [0.15, 0.2) is 0 Å². The quantitative estimate of drug-likeness (QED) is 0.103. The third-order valence-corrected chi connectivity index (χ3v) is 6.32. The molecule has 0 saturated heterocycles. The van der Waals surface area contributed by atoms with E-state index >= 15 is 0 Å². The third kappa shape index (κ3) is 8.33. The van der Waals surface area contributed by atoms with Crippen LogP contribution in [0.5, 0.6) is 0 Å².